The Morgan fingerprint density at radius 2 is 2.00 bits per heavy atom. The zero-order valence-corrected chi connectivity index (χ0v) is 9.17. The summed E-state index contributed by atoms with van der Waals surface area (Å²) in [5, 5.41) is 0.610. The SMILES string of the molecule is O=[P+](O)OSSC1CCCCC1. The van der Waals surface area contributed by atoms with Gasteiger partial charge in [0.15, 0.2) is 0 Å². The molecule has 1 fully saturated rings. The second-order valence-electron chi connectivity index (χ2n) is 2.74. The van der Waals surface area contributed by atoms with Crippen molar-refractivity contribution >= 4 is 30.1 Å². The Balaban J connectivity index is 2.01. The fourth-order valence-electron chi connectivity index (χ4n) is 1.26. The van der Waals surface area contributed by atoms with Crippen LogP contribution in [0.4, 0.5) is 0 Å². The molecule has 12 heavy (non-hydrogen) atoms. The molecule has 0 amide bonds. The lowest BCUT2D eigenvalue weighted by atomic mass is 10.0. The summed E-state index contributed by atoms with van der Waals surface area (Å²) in [4.78, 5) is 8.33. The van der Waals surface area contributed by atoms with Gasteiger partial charge in [-0.1, -0.05) is 30.1 Å². The van der Waals surface area contributed by atoms with Gasteiger partial charge in [-0.05, 0) is 16.8 Å². The third kappa shape index (κ3) is 4.67. The van der Waals surface area contributed by atoms with Crippen molar-refractivity contribution in [1.29, 1.82) is 0 Å². The van der Waals surface area contributed by atoms with Crippen molar-refractivity contribution in [3.8, 4) is 0 Å². The van der Waals surface area contributed by atoms with Crippen molar-refractivity contribution in [2.45, 2.75) is 37.4 Å². The van der Waals surface area contributed by atoms with E-state index >= 15 is 0 Å². The first-order chi connectivity index (χ1) is 5.79. The fourth-order valence-corrected chi connectivity index (χ4v) is 3.94. The van der Waals surface area contributed by atoms with Gasteiger partial charge in [0.05, 0.1) is 0 Å². The van der Waals surface area contributed by atoms with Gasteiger partial charge in [0.1, 0.15) is 11.1 Å². The van der Waals surface area contributed by atoms with Gasteiger partial charge in [0, 0.05) is 9.81 Å². The van der Waals surface area contributed by atoms with Gasteiger partial charge < -0.3 is 0 Å². The van der Waals surface area contributed by atoms with Gasteiger partial charge in [0.2, 0.25) is 0 Å². The summed E-state index contributed by atoms with van der Waals surface area (Å²) >= 11 is 1.05. The summed E-state index contributed by atoms with van der Waals surface area (Å²) in [6, 6.07) is 0. The lowest BCUT2D eigenvalue weighted by molar-refractivity contribution is 0.434. The molecule has 0 radical (unpaired) electrons. The zero-order valence-electron chi connectivity index (χ0n) is 6.64. The molecule has 0 saturated heterocycles. The Labute approximate surface area is 81.2 Å². The molecule has 1 aliphatic rings. The smallest absolute Gasteiger partial charge is 0.133 e. The molecule has 1 saturated carbocycles. The van der Waals surface area contributed by atoms with E-state index in [1.54, 1.807) is 10.8 Å². The van der Waals surface area contributed by atoms with Gasteiger partial charge in [0.25, 0.3) is 0 Å². The first-order valence-electron chi connectivity index (χ1n) is 3.95. The summed E-state index contributed by atoms with van der Waals surface area (Å²) in [6.07, 6.45) is 6.32. The Bertz CT molecular complexity index is 150. The van der Waals surface area contributed by atoms with Crippen LogP contribution in [0.3, 0.4) is 0 Å². The summed E-state index contributed by atoms with van der Waals surface area (Å²) < 4.78 is 14.6. The molecule has 6 heteroatoms. The highest BCUT2D eigenvalue weighted by molar-refractivity contribution is 8.75. The van der Waals surface area contributed by atoms with Crippen molar-refractivity contribution in [2.75, 3.05) is 0 Å². The Kier molecular flexibility index (Phi) is 5.59. The van der Waals surface area contributed by atoms with Crippen LogP contribution in [0.2, 0.25) is 0 Å². The van der Waals surface area contributed by atoms with Crippen LogP contribution in [0, 0.1) is 0 Å². The van der Waals surface area contributed by atoms with Gasteiger partial charge in [-0.25, -0.2) is 0 Å². The van der Waals surface area contributed by atoms with E-state index in [2.05, 4.69) is 3.97 Å². The van der Waals surface area contributed by atoms with Gasteiger partial charge in [-0.3, -0.25) is 0 Å². The average Bonchev–Trinajstić information content (AvgIpc) is 2.05. The largest absolute Gasteiger partial charge is 0.708 e. The Hall–Kier alpha value is 0.720. The molecule has 1 aliphatic carbocycles. The first kappa shape index (κ1) is 10.8. The van der Waals surface area contributed by atoms with E-state index in [4.69, 9.17) is 4.89 Å². The maximum atomic E-state index is 10.1. The van der Waals surface area contributed by atoms with E-state index in [-0.39, 0.29) is 0 Å². The van der Waals surface area contributed by atoms with Gasteiger partial charge >= 0.3 is 8.25 Å². The van der Waals surface area contributed by atoms with Crippen molar-refractivity contribution in [2.24, 2.45) is 0 Å². The topological polar surface area (TPSA) is 46.5 Å². The summed E-state index contributed by atoms with van der Waals surface area (Å²) in [5.41, 5.74) is 0. The van der Waals surface area contributed by atoms with E-state index in [0.29, 0.717) is 5.25 Å². The highest BCUT2D eigenvalue weighted by Crippen LogP contribution is 2.40. The first-order valence-corrected chi connectivity index (χ1v) is 7.22. The summed E-state index contributed by atoms with van der Waals surface area (Å²) in [5.74, 6) is 0. The molecular weight excluding hydrogens is 215 g/mol. The van der Waals surface area contributed by atoms with Crippen molar-refractivity contribution < 1.29 is 13.4 Å². The average molecular weight is 227 g/mol. The van der Waals surface area contributed by atoms with Crippen LogP contribution in [-0.4, -0.2) is 10.1 Å². The second-order valence-corrected chi connectivity index (χ2v) is 5.79. The van der Waals surface area contributed by atoms with Crippen LogP contribution >= 0.6 is 30.1 Å². The predicted molar refractivity (Wildman–Crippen MR) is 53.0 cm³/mol. The maximum absolute atomic E-state index is 10.1. The van der Waals surface area contributed by atoms with E-state index in [9.17, 15) is 4.57 Å². The molecule has 0 bridgehead atoms. The van der Waals surface area contributed by atoms with E-state index in [0.717, 1.165) is 11.1 Å². The molecule has 0 aromatic carbocycles. The molecule has 0 aliphatic heterocycles. The van der Waals surface area contributed by atoms with Crippen LogP contribution < -0.4 is 0 Å². The summed E-state index contributed by atoms with van der Waals surface area (Å²) in [6.45, 7) is 0. The van der Waals surface area contributed by atoms with Crippen LogP contribution in [0.1, 0.15) is 32.1 Å². The van der Waals surface area contributed by atoms with Crippen molar-refractivity contribution in [3.05, 3.63) is 0 Å². The zero-order chi connectivity index (χ0) is 8.81. The van der Waals surface area contributed by atoms with E-state index in [1.807, 2.05) is 0 Å². The molecule has 1 N–H and O–H groups in total. The number of hydrogen-bond acceptors (Lipinski definition) is 4. The lowest BCUT2D eigenvalue weighted by Crippen LogP contribution is -2.06. The normalized spacial score (nSPS) is 20.9. The standard InChI is InChI=1S/C6H11O3PS2/c7-10(8)9-12-11-6-4-2-1-3-5-6/h6H,1-5H2/p+1. The minimum atomic E-state index is -2.44. The molecule has 1 atom stereocenters. The quantitative estimate of drug-likeness (QED) is 0.453. The number of rotatable bonds is 4. The Morgan fingerprint density at radius 1 is 1.33 bits per heavy atom. The second kappa shape index (κ2) is 6.22. The highest BCUT2D eigenvalue weighted by Gasteiger charge is 2.19. The number of hydrogen-bond donors (Lipinski definition) is 1. The molecule has 70 valence electrons. The molecule has 1 unspecified atom stereocenters. The van der Waals surface area contributed by atoms with Crippen molar-refractivity contribution in [3.63, 3.8) is 0 Å². The molecule has 1 rings (SSSR count). The molecular formula is C6H12O3PS2+. The Morgan fingerprint density at radius 3 is 2.58 bits per heavy atom. The van der Waals surface area contributed by atoms with E-state index < -0.39 is 8.25 Å². The van der Waals surface area contributed by atoms with E-state index in [1.165, 1.54) is 32.1 Å². The molecule has 0 aromatic heterocycles. The summed E-state index contributed by atoms with van der Waals surface area (Å²) in [7, 11) is -0.859. The van der Waals surface area contributed by atoms with Crippen molar-refractivity contribution in [1.82, 2.24) is 0 Å². The lowest BCUT2D eigenvalue weighted by Gasteiger charge is -2.18. The third-order valence-corrected chi connectivity index (χ3v) is 5.00. The monoisotopic (exact) mass is 227 g/mol. The maximum Gasteiger partial charge on any atom is 0.708 e. The highest BCUT2D eigenvalue weighted by atomic mass is 33.1. The molecule has 0 spiro atoms. The molecule has 0 heterocycles. The predicted octanol–water partition coefficient (Wildman–Crippen LogP) is 3.28. The third-order valence-electron chi connectivity index (χ3n) is 1.82. The van der Waals surface area contributed by atoms with Crippen LogP contribution in [0.5, 0.6) is 0 Å². The van der Waals surface area contributed by atoms with Crippen LogP contribution in [0.15, 0.2) is 0 Å². The minimum Gasteiger partial charge on any atom is -0.133 e. The molecule has 0 aromatic rings. The molecule has 3 nitrogen and oxygen atoms in total. The minimum absolute atomic E-state index is 0.610. The van der Waals surface area contributed by atoms with Crippen LogP contribution in [0.25, 0.3) is 0 Å². The fraction of sp³-hybridized carbons (Fsp3) is 1.00. The van der Waals surface area contributed by atoms with Gasteiger partial charge in [-0.15, -0.1) is 4.89 Å². The van der Waals surface area contributed by atoms with Gasteiger partial charge in [-0.2, -0.15) is 0 Å². The van der Waals surface area contributed by atoms with Crippen LogP contribution in [-0.2, 0) is 8.54 Å².